The van der Waals surface area contributed by atoms with E-state index in [1.54, 1.807) is 69.3 Å². The average molecular weight is 318 g/mol. The lowest BCUT2D eigenvalue weighted by atomic mass is 9.74. The van der Waals surface area contributed by atoms with Crippen molar-refractivity contribution >= 4 is 22.9 Å². The molecule has 3 rings (SSSR count). The summed E-state index contributed by atoms with van der Waals surface area (Å²) in [4.78, 5) is 39.0. The number of hydrogen-bond donors (Lipinski definition) is 0. The standard InChI is InChI=1S/C21H18O3/c1-21(2,3)20(24)17-16(13-9-5-4-6-10-13)18(22)14-11-7-8-12-15(14)19(17)23/h4-12H,1-3H3. The van der Waals surface area contributed by atoms with Crippen LogP contribution in [0.3, 0.4) is 0 Å². The molecule has 0 saturated carbocycles. The maximum Gasteiger partial charge on any atom is 0.198 e. The molecule has 0 N–H and O–H groups in total. The molecule has 0 aliphatic heterocycles. The average Bonchev–Trinajstić information content (AvgIpc) is 2.57. The summed E-state index contributed by atoms with van der Waals surface area (Å²) in [5, 5.41) is 0. The zero-order valence-corrected chi connectivity index (χ0v) is 13.9. The first-order valence-corrected chi connectivity index (χ1v) is 7.85. The van der Waals surface area contributed by atoms with E-state index in [-0.39, 0.29) is 28.5 Å². The third-order valence-electron chi connectivity index (χ3n) is 4.09. The molecular weight excluding hydrogens is 300 g/mol. The second-order valence-corrected chi connectivity index (χ2v) is 6.90. The van der Waals surface area contributed by atoms with E-state index in [2.05, 4.69) is 0 Å². The lowest BCUT2D eigenvalue weighted by Gasteiger charge is -2.25. The topological polar surface area (TPSA) is 51.2 Å². The molecule has 0 radical (unpaired) electrons. The van der Waals surface area contributed by atoms with Crippen LogP contribution >= 0.6 is 0 Å². The Hall–Kier alpha value is -2.81. The Morgan fingerprint density at radius 1 is 0.750 bits per heavy atom. The molecule has 0 unspecified atom stereocenters. The normalized spacial score (nSPS) is 14.6. The van der Waals surface area contributed by atoms with E-state index >= 15 is 0 Å². The monoisotopic (exact) mass is 318 g/mol. The van der Waals surface area contributed by atoms with Gasteiger partial charge in [-0.2, -0.15) is 0 Å². The Balaban J connectivity index is 2.34. The van der Waals surface area contributed by atoms with Crippen molar-refractivity contribution in [2.75, 3.05) is 0 Å². The second-order valence-electron chi connectivity index (χ2n) is 6.90. The maximum absolute atomic E-state index is 13.0. The Labute approximate surface area is 141 Å². The Morgan fingerprint density at radius 2 is 1.25 bits per heavy atom. The summed E-state index contributed by atoms with van der Waals surface area (Å²) in [7, 11) is 0. The van der Waals surface area contributed by atoms with Crippen molar-refractivity contribution in [2.45, 2.75) is 20.8 Å². The van der Waals surface area contributed by atoms with E-state index in [9.17, 15) is 14.4 Å². The van der Waals surface area contributed by atoms with Crippen molar-refractivity contribution in [2.24, 2.45) is 5.41 Å². The largest absolute Gasteiger partial charge is 0.293 e. The molecule has 0 aromatic heterocycles. The predicted octanol–water partition coefficient (Wildman–Crippen LogP) is 4.13. The summed E-state index contributed by atoms with van der Waals surface area (Å²) in [6.45, 7) is 5.26. The first-order valence-electron chi connectivity index (χ1n) is 7.85. The van der Waals surface area contributed by atoms with Crippen LogP contribution in [0.5, 0.6) is 0 Å². The Bertz CT molecular complexity index is 881. The SMILES string of the molecule is CC(C)(C)C(=O)C1=C(c2ccccc2)C(=O)c2ccccc2C1=O. The minimum absolute atomic E-state index is 0.00241. The third kappa shape index (κ3) is 2.52. The van der Waals surface area contributed by atoms with Gasteiger partial charge in [0, 0.05) is 22.1 Å². The summed E-state index contributed by atoms with van der Waals surface area (Å²) in [5.41, 5.74) is 0.702. The van der Waals surface area contributed by atoms with Crippen molar-refractivity contribution in [3.8, 4) is 0 Å². The second kappa shape index (κ2) is 5.68. The number of ketones is 3. The number of carbonyl (C=O) groups excluding carboxylic acids is 3. The van der Waals surface area contributed by atoms with E-state index < -0.39 is 5.41 Å². The molecule has 1 aliphatic rings. The lowest BCUT2D eigenvalue weighted by molar-refractivity contribution is -0.122. The fourth-order valence-corrected chi connectivity index (χ4v) is 2.85. The van der Waals surface area contributed by atoms with Crippen LogP contribution in [-0.2, 0) is 4.79 Å². The Morgan fingerprint density at radius 3 is 1.79 bits per heavy atom. The van der Waals surface area contributed by atoms with Crippen molar-refractivity contribution < 1.29 is 14.4 Å². The highest BCUT2D eigenvalue weighted by Crippen LogP contribution is 2.36. The number of hydrogen-bond acceptors (Lipinski definition) is 3. The van der Waals surface area contributed by atoms with E-state index in [1.165, 1.54) is 0 Å². The zero-order chi connectivity index (χ0) is 17.5. The smallest absolute Gasteiger partial charge is 0.198 e. The fourth-order valence-electron chi connectivity index (χ4n) is 2.85. The molecule has 24 heavy (non-hydrogen) atoms. The van der Waals surface area contributed by atoms with Gasteiger partial charge >= 0.3 is 0 Å². The van der Waals surface area contributed by atoms with Gasteiger partial charge < -0.3 is 0 Å². The molecule has 0 fully saturated rings. The zero-order valence-electron chi connectivity index (χ0n) is 13.9. The van der Waals surface area contributed by atoms with E-state index in [4.69, 9.17) is 0 Å². The summed E-state index contributed by atoms with van der Waals surface area (Å²) in [6, 6.07) is 15.6. The van der Waals surface area contributed by atoms with E-state index in [0.717, 1.165) is 0 Å². The van der Waals surface area contributed by atoms with Crippen LogP contribution < -0.4 is 0 Å². The molecule has 0 amide bonds. The molecule has 0 spiro atoms. The maximum atomic E-state index is 13.0. The van der Waals surface area contributed by atoms with E-state index in [0.29, 0.717) is 16.7 Å². The number of Topliss-reactive ketones (excluding diaryl/α,β-unsaturated/α-hetero) is 3. The van der Waals surface area contributed by atoms with Crippen molar-refractivity contribution in [3.05, 3.63) is 76.9 Å². The van der Waals surface area contributed by atoms with Gasteiger partial charge in [-0.25, -0.2) is 0 Å². The van der Waals surface area contributed by atoms with Gasteiger partial charge in [-0.1, -0.05) is 75.4 Å². The first-order chi connectivity index (χ1) is 11.3. The molecule has 3 heteroatoms. The summed E-state index contributed by atoms with van der Waals surface area (Å²) in [5.74, 6) is -0.956. The third-order valence-corrected chi connectivity index (χ3v) is 4.09. The molecule has 2 aromatic carbocycles. The molecule has 0 saturated heterocycles. The van der Waals surface area contributed by atoms with Gasteiger partial charge in [0.25, 0.3) is 0 Å². The lowest BCUT2D eigenvalue weighted by Crippen LogP contribution is -2.32. The summed E-state index contributed by atoms with van der Waals surface area (Å²) < 4.78 is 0. The summed E-state index contributed by atoms with van der Waals surface area (Å²) >= 11 is 0. The van der Waals surface area contributed by atoms with Crippen LogP contribution in [0.1, 0.15) is 47.1 Å². The molecular formula is C21H18O3. The molecule has 2 aromatic rings. The van der Waals surface area contributed by atoms with Crippen LogP contribution in [0.2, 0.25) is 0 Å². The van der Waals surface area contributed by atoms with Crippen LogP contribution in [-0.4, -0.2) is 17.3 Å². The molecule has 0 heterocycles. The minimum atomic E-state index is -0.752. The molecule has 1 aliphatic carbocycles. The molecule has 120 valence electrons. The first kappa shape index (κ1) is 16.1. The quantitative estimate of drug-likeness (QED) is 0.782. The van der Waals surface area contributed by atoms with Crippen LogP contribution in [0.15, 0.2) is 60.2 Å². The number of rotatable bonds is 2. The molecule has 0 bridgehead atoms. The van der Waals surface area contributed by atoms with Crippen LogP contribution in [0, 0.1) is 5.41 Å². The van der Waals surface area contributed by atoms with Gasteiger partial charge in [0.05, 0.1) is 5.57 Å². The highest BCUT2D eigenvalue weighted by Gasteiger charge is 2.39. The van der Waals surface area contributed by atoms with Gasteiger partial charge in [0.1, 0.15) is 0 Å². The van der Waals surface area contributed by atoms with Gasteiger partial charge in [0.2, 0.25) is 0 Å². The highest BCUT2D eigenvalue weighted by atomic mass is 16.2. The van der Waals surface area contributed by atoms with Crippen molar-refractivity contribution in [3.63, 3.8) is 0 Å². The number of benzene rings is 2. The number of fused-ring (bicyclic) bond motifs is 1. The van der Waals surface area contributed by atoms with Gasteiger partial charge in [-0.15, -0.1) is 0 Å². The van der Waals surface area contributed by atoms with Gasteiger partial charge in [-0.3, -0.25) is 14.4 Å². The number of allylic oxidation sites excluding steroid dienone is 2. The number of carbonyl (C=O) groups is 3. The van der Waals surface area contributed by atoms with Crippen molar-refractivity contribution in [1.82, 2.24) is 0 Å². The van der Waals surface area contributed by atoms with E-state index in [1.807, 2.05) is 6.07 Å². The summed E-state index contributed by atoms with van der Waals surface area (Å²) in [6.07, 6.45) is 0. The molecule has 0 atom stereocenters. The highest BCUT2D eigenvalue weighted by molar-refractivity contribution is 6.47. The van der Waals surface area contributed by atoms with Gasteiger partial charge in [-0.05, 0) is 5.56 Å². The minimum Gasteiger partial charge on any atom is -0.293 e. The fraction of sp³-hybridized carbons (Fsp3) is 0.190. The van der Waals surface area contributed by atoms with Crippen LogP contribution in [0.4, 0.5) is 0 Å². The van der Waals surface area contributed by atoms with Crippen molar-refractivity contribution in [1.29, 1.82) is 0 Å². The molecule has 3 nitrogen and oxygen atoms in total. The Kier molecular flexibility index (Phi) is 3.80. The van der Waals surface area contributed by atoms with Gasteiger partial charge in [0.15, 0.2) is 17.3 Å². The van der Waals surface area contributed by atoms with Crippen LogP contribution in [0.25, 0.3) is 5.57 Å². The predicted molar refractivity (Wildman–Crippen MR) is 92.9 cm³/mol.